The Morgan fingerprint density at radius 1 is 0.667 bits per heavy atom. The van der Waals surface area contributed by atoms with Gasteiger partial charge in [-0.1, -0.05) is 60.7 Å². The predicted octanol–water partition coefficient (Wildman–Crippen LogP) is 4.15. The van der Waals surface area contributed by atoms with Crippen molar-refractivity contribution in [3.63, 3.8) is 0 Å². The molecular formula is C19H17NO. The molecule has 0 aliphatic carbocycles. The number of nitrogens with two attached hydrogens (primary N) is 1. The van der Waals surface area contributed by atoms with Crippen molar-refractivity contribution in [2.24, 2.45) is 0 Å². The maximum Gasteiger partial charge on any atom is 0.117 e. The van der Waals surface area contributed by atoms with E-state index < -0.39 is 0 Å². The van der Waals surface area contributed by atoms with Gasteiger partial charge < -0.3 is 10.8 Å². The van der Waals surface area contributed by atoms with Gasteiger partial charge in [0.25, 0.3) is 0 Å². The van der Waals surface area contributed by atoms with E-state index in [1.165, 1.54) is 11.1 Å². The summed E-state index contributed by atoms with van der Waals surface area (Å²) in [5.74, 6) is 0.253. The van der Waals surface area contributed by atoms with Crippen LogP contribution in [0.5, 0.6) is 5.75 Å². The Morgan fingerprint density at radius 2 is 1.19 bits per heavy atom. The summed E-state index contributed by atoms with van der Waals surface area (Å²) in [6.45, 7) is 0. The molecule has 0 radical (unpaired) electrons. The summed E-state index contributed by atoms with van der Waals surface area (Å²) in [4.78, 5) is 0. The zero-order valence-corrected chi connectivity index (χ0v) is 11.6. The number of aromatic hydroxyl groups is 1. The van der Waals surface area contributed by atoms with Gasteiger partial charge in [0.15, 0.2) is 0 Å². The van der Waals surface area contributed by atoms with Crippen LogP contribution in [0.1, 0.15) is 22.6 Å². The van der Waals surface area contributed by atoms with Crippen molar-refractivity contribution in [3.8, 4) is 5.75 Å². The van der Waals surface area contributed by atoms with Crippen LogP contribution in [0.25, 0.3) is 0 Å². The highest BCUT2D eigenvalue weighted by atomic mass is 16.3. The molecule has 21 heavy (non-hydrogen) atoms. The van der Waals surface area contributed by atoms with Crippen molar-refractivity contribution >= 4 is 5.69 Å². The Bertz CT molecular complexity index is 663. The molecule has 0 aliphatic heterocycles. The molecule has 0 spiro atoms. The van der Waals surface area contributed by atoms with Gasteiger partial charge >= 0.3 is 0 Å². The fourth-order valence-corrected chi connectivity index (χ4v) is 2.69. The van der Waals surface area contributed by atoms with Gasteiger partial charge in [-0.05, 0) is 28.8 Å². The van der Waals surface area contributed by atoms with E-state index in [9.17, 15) is 5.11 Å². The molecule has 3 N–H and O–H groups in total. The lowest BCUT2D eigenvalue weighted by atomic mass is 9.85. The van der Waals surface area contributed by atoms with Crippen molar-refractivity contribution in [3.05, 3.63) is 95.6 Å². The van der Waals surface area contributed by atoms with Gasteiger partial charge in [-0.25, -0.2) is 0 Å². The molecular weight excluding hydrogens is 258 g/mol. The second-order valence-electron chi connectivity index (χ2n) is 5.11. The summed E-state index contributed by atoms with van der Waals surface area (Å²) in [5, 5.41) is 9.86. The van der Waals surface area contributed by atoms with E-state index in [0.717, 1.165) is 5.56 Å². The monoisotopic (exact) mass is 275 g/mol. The van der Waals surface area contributed by atoms with Crippen LogP contribution in [-0.4, -0.2) is 5.11 Å². The molecule has 2 heteroatoms. The number of nitrogen functional groups attached to an aromatic ring is 1. The Balaban J connectivity index is 2.17. The molecule has 0 saturated heterocycles. The normalized spacial score (nSPS) is 10.7. The first-order valence-electron chi connectivity index (χ1n) is 6.93. The fraction of sp³-hybridized carbons (Fsp3) is 0.0526. The van der Waals surface area contributed by atoms with E-state index in [1.807, 2.05) is 42.5 Å². The van der Waals surface area contributed by atoms with E-state index >= 15 is 0 Å². The molecule has 3 aromatic carbocycles. The Kier molecular flexibility index (Phi) is 3.61. The van der Waals surface area contributed by atoms with Crippen molar-refractivity contribution in [1.29, 1.82) is 0 Å². The second-order valence-corrected chi connectivity index (χ2v) is 5.11. The third-order valence-corrected chi connectivity index (χ3v) is 3.56. The largest absolute Gasteiger partial charge is 0.508 e. The van der Waals surface area contributed by atoms with E-state index in [1.54, 1.807) is 12.1 Å². The molecule has 2 nitrogen and oxygen atoms in total. The van der Waals surface area contributed by atoms with Gasteiger partial charge in [0.2, 0.25) is 0 Å². The van der Waals surface area contributed by atoms with Crippen LogP contribution in [0.3, 0.4) is 0 Å². The van der Waals surface area contributed by atoms with E-state index in [4.69, 9.17) is 5.73 Å². The number of anilines is 1. The minimum absolute atomic E-state index is 0.0572. The highest BCUT2D eigenvalue weighted by Gasteiger charge is 2.17. The summed E-state index contributed by atoms with van der Waals surface area (Å²) in [5.41, 5.74) is 9.80. The minimum Gasteiger partial charge on any atom is -0.508 e. The smallest absolute Gasteiger partial charge is 0.117 e. The lowest BCUT2D eigenvalue weighted by Gasteiger charge is -2.19. The standard InChI is InChI=1S/C19H17NO/c20-17-11-16(12-18(21)13-17)19(14-7-3-1-4-8-14)15-9-5-2-6-10-15/h1-13,19,21H,20H2. The molecule has 0 atom stereocenters. The van der Waals surface area contributed by atoms with Crippen LogP contribution in [0.15, 0.2) is 78.9 Å². The Morgan fingerprint density at radius 3 is 1.67 bits per heavy atom. The molecule has 104 valence electrons. The summed E-state index contributed by atoms with van der Waals surface area (Å²) >= 11 is 0. The van der Waals surface area contributed by atoms with Crippen LogP contribution < -0.4 is 5.73 Å². The van der Waals surface area contributed by atoms with Gasteiger partial charge in [-0.15, -0.1) is 0 Å². The lowest BCUT2D eigenvalue weighted by Crippen LogP contribution is -2.04. The van der Waals surface area contributed by atoms with Crippen LogP contribution in [0.2, 0.25) is 0 Å². The van der Waals surface area contributed by atoms with Crippen molar-refractivity contribution in [1.82, 2.24) is 0 Å². The molecule has 0 heterocycles. The van der Waals surface area contributed by atoms with Gasteiger partial charge in [-0.2, -0.15) is 0 Å². The average molecular weight is 275 g/mol. The first-order valence-corrected chi connectivity index (χ1v) is 6.93. The Labute approximate surface area is 124 Å². The van der Waals surface area contributed by atoms with Crippen molar-refractivity contribution in [2.45, 2.75) is 5.92 Å². The van der Waals surface area contributed by atoms with Gasteiger partial charge in [0.1, 0.15) is 5.75 Å². The zero-order chi connectivity index (χ0) is 14.7. The van der Waals surface area contributed by atoms with Crippen LogP contribution in [0.4, 0.5) is 5.69 Å². The molecule has 0 saturated carbocycles. The quantitative estimate of drug-likeness (QED) is 0.557. The zero-order valence-electron chi connectivity index (χ0n) is 11.6. The summed E-state index contributed by atoms with van der Waals surface area (Å²) in [7, 11) is 0. The van der Waals surface area contributed by atoms with Gasteiger partial charge in [0, 0.05) is 17.7 Å². The number of hydrogen-bond acceptors (Lipinski definition) is 2. The van der Waals surface area contributed by atoms with Crippen molar-refractivity contribution < 1.29 is 5.11 Å². The molecule has 0 bridgehead atoms. The number of phenols is 1. The molecule has 0 unspecified atom stereocenters. The first-order chi connectivity index (χ1) is 10.2. The number of hydrogen-bond donors (Lipinski definition) is 2. The predicted molar refractivity (Wildman–Crippen MR) is 86.3 cm³/mol. The molecule has 3 aromatic rings. The first kappa shape index (κ1) is 13.3. The molecule has 0 amide bonds. The van der Waals surface area contributed by atoms with Crippen LogP contribution in [-0.2, 0) is 0 Å². The number of benzene rings is 3. The Hall–Kier alpha value is -2.74. The van der Waals surface area contributed by atoms with Gasteiger partial charge in [-0.3, -0.25) is 0 Å². The third kappa shape index (κ3) is 2.90. The van der Waals surface area contributed by atoms with E-state index in [0.29, 0.717) is 5.69 Å². The minimum atomic E-state index is 0.0572. The maximum atomic E-state index is 9.86. The van der Waals surface area contributed by atoms with E-state index in [2.05, 4.69) is 24.3 Å². The topological polar surface area (TPSA) is 46.2 Å². The number of rotatable bonds is 3. The van der Waals surface area contributed by atoms with Crippen LogP contribution in [0, 0.1) is 0 Å². The van der Waals surface area contributed by atoms with Crippen LogP contribution >= 0.6 is 0 Å². The SMILES string of the molecule is Nc1cc(O)cc(C(c2ccccc2)c2ccccc2)c1. The van der Waals surface area contributed by atoms with Crippen molar-refractivity contribution in [2.75, 3.05) is 5.73 Å². The highest BCUT2D eigenvalue weighted by Crippen LogP contribution is 2.34. The maximum absolute atomic E-state index is 9.86. The molecule has 0 fully saturated rings. The summed E-state index contributed by atoms with van der Waals surface area (Å²) in [6, 6.07) is 25.8. The molecule has 3 rings (SSSR count). The third-order valence-electron chi connectivity index (χ3n) is 3.56. The fourth-order valence-electron chi connectivity index (χ4n) is 2.69. The molecule has 0 aromatic heterocycles. The average Bonchev–Trinajstić information content (AvgIpc) is 2.49. The number of phenolic OH excluding ortho intramolecular Hbond substituents is 1. The summed E-state index contributed by atoms with van der Waals surface area (Å²) < 4.78 is 0. The second kappa shape index (κ2) is 5.71. The van der Waals surface area contributed by atoms with Gasteiger partial charge in [0.05, 0.1) is 0 Å². The molecule has 0 aliphatic rings. The summed E-state index contributed by atoms with van der Waals surface area (Å²) in [6.07, 6.45) is 0. The lowest BCUT2D eigenvalue weighted by molar-refractivity contribution is 0.475. The highest BCUT2D eigenvalue weighted by molar-refractivity contribution is 5.53. The van der Waals surface area contributed by atoms with E-state index in [-0.39, 0.29) is 11.7 Å².